The lowest BCUT2D eigenvalue weighted by atomic mass is 10.2. The molecule has 0 amide bonds. The van der Waals surface area contributed by atoms with Crippen molar-refractivity contribution in [2.75, 3.05) is 0 Å². The molecule has 0 bridgehead atoms. The van der Waals surface area contributed by atoms with Crippen molar-refractivity contribution in [2.45, 2.75) is 19.8 Å². The Morgan fingerprint density at radius 1 is 0.645 bits per heavy atom. The summed E-state index contributed by atoms with van der Waals surface area (Å²) in [5, 5.41) is 34.5. The van der Waals surface area contributed by atoms with Gasteiger partial charge in [-0.25, -0.2) is 28.8 Å². The van der Waals surface area contributed by atoms with E-state index in [0.717, 1.165) is 6.92 Å². The smallest absolute Gasteiger partial charge is 0.341 e. The molecule has 0 aliphatic rings. The van der Waals surface area contributed by atoms with E-state index in [1.807, 2.05) is 0 Å². The van der Waals surface area contributed by atoms with Gasteiger partial charge in [-0.2, -0.15) is 0 Å². The number of carbonyl (C=O) groups is 8. The molecule has 0 aliphatic carbocycles. The number of aliphatic carboxylic acids is 4. The van der Waals surface area contributed by atoms with E-state index in [4.69, 9.17) is 20.4 Å². The lowest BCUT2D eigenvalue weighted by Gasteiger charge is -2.04. The molecule has 0 aromatic heterocycles. The molecule has 0 saturated carbocycles. The number of carboxylic acids is 4. The molecule has 0 spiro atoms. The van der Waals surface area contributed by atoms with Crippen LogP contribution in [0.1, 0.15) is 19.8 Å². The first-order chi connectivity index (χ1) is 14.2. The standard InChI is InChI=1S/C17H14O14/c1-7(17(29)31-14(24)6-9(16(27)28)4-11(20)21)2-12(22)30-13(23)5-8(15(25)26)3-10(18)19/h2-4H,5-6H2,1H3,(H,18,19)(H,20,21)(H,25,26)(H,27,28)/b7-2-,8-3?,9-4?. The van der Waals surface area contributed by atoms with Crippen LogP contribution in [0.4, 0.5) is 0 Å². The molecule has 4 N–H and O–H groups in total. The lowest BCUT2D eigenvalue weighted by molar-refractivity contribution is -0.159. The van der Waals surface area contributed by atoms with Crippen LogP contribution in [0.2, 0.25) is 0 Å². The van der Waals surface area contributed by atoms with E-state index in [-0.39, 0.29) is 12.2 Å². The first-order valence-corrected chi connectivity index (χ1v) is 7.74. The fraction of sp³-hybridized carbons (Fsp3) is 0.176. The molecule has 0 aliphatic heterocycles. The molecular formula is C17H14O14. The molecule has 14 heteroatoms. The maximum atomic E-state index is 11.7. The van der Waals surface area contributed by atoms with E-state index in [9.17, 15) is 38.4 Å². The van der Waals surface area contributed by atoms with Crippen molar-refractivity contribution in [2.24, 2.45) is 0 Å². The summed E-state index contributed by atoms with van der Waals surface area (Å²) in [5.74, 6) is -12.7. The summed E-state index contributed by atoms with van der Waals surface area (Å²) in [6, 6.07) is 0. The van der Waals surface area contributed by atoms with Gasteiger partial charge in [0, 0.05) is 23.8 Å². The molecule has 0 saturated heterocycles. The molecule has 0 aromatic rings. The van der Waals surface area contributed by atoms with E-state index in [1.54, 1.807) is 0 Å². The van der Waals surface area contributed by atoms with Gasteiger partial charge in [-0.1, -0.05) is 0 Å². The van der Waals surface area contributed by atoms with Crippen LogP contribution in [-0.4, -0.2) is 68.2 Å². The third-order valence-electron chi connectivity index (χ3n) is 2.89. The Labute approximate surface area is 171 Å². The van der Waals surface area contributed by atoms with Crippen molar-refractivity contribution in [1.82, 2.24) is 0 Å². The van der Waals surface area contributed by atoms with Crippen molar-refractivity contribution in [3.05, 3.63) is 34.9 Å². The molecule has 0 heterocycles. The van der Waals surface area contributed by atoms with Crippen LogP contribution in [-0.2, 0) is 47.8 Å². The molecule has 0 atom stereocenters. The van der Waals surface area contributed by atoms with Gasteiger partial charge in [0.15, 0.2) is 0 Å². The normalized spacial score (nSPS) is 11.8. The fourth-order valence-corrected chi connectivity index (χ4v) is 1.62. The summed E-state index contributed by atoms with van der Waals surface area (Å²) >= 11 is 0. The third kappa shape index (κ3) is 11.1. The van der Waals surface area contributed by atoms with Crippen LogP contribution in [0, 0.1) is 0 Å². The minimum absolute atomic E-state index is 0.211. The van der Waals surface area contributed by atoms with Crippen molar-refractivity contribution in [3.63, 3.8) is 0 Å². The van der Waals surface area contributed by atoms with Gasteiger partial charge in [0.1, 0.15) is 0 Å². The predicted octanol–water partition coefficient (Wildman–Crippen LogP) is -0.956. The Hall–Kier alpha value is -4.62. The molecule has 0 unspecified atom stereocenters. The Morgan fingerprint density at radius 2 is 1.03 bits per heavy atom. The number of hydrogen-bond donors (Lipinski definition) is 4. The van der Waals surface area contributed by atoms with E-state index < -0.39 is 77.3 Å². The quantitative estimate of drug-likeness (QED) is 0.181. The molecule has 14 nitrogen and oxygen atoms in total. The van der Waals surface area contributed by atoms with Crippen LogP contribution < -0.4 is 0 Å². The number of esters is 4. The molecule has 0 radical (unpaired) electrons. The Bertz CT molecular complexity index is 930. The van der Waals surface area contributed by atoms with Crippen LogP contribution in [0.25, 0.3) is 0 Å². The molecule has 0 fully saturated rings. The van der Waals surface area contributed by atoms with Gasteiger partial charge >= 0.3 is 47.8 Å². The van der Waals surface area contributed by atoms with E-state index in [2.05, 4.69) is 9.47 Å². The minimum atomic E-state index is -1.75. The average Bonchev–Trinajstić information content (AvgIpc) is 2.59. The summed E-state index contributed by atoms with van der Waals surface area (Å²) in [6.07, 6.45) is -1.36. The number of rotatable bonds is 10. The number of hydrogen-bond acceptors (Lipinski definition) is 10. The molecule has 0 aromatic carbocycles. The number of carboxylic acid groups (broad SMARTS) is 4. The van der Waals surface area contributed by atoms with Crippen molar-refractivity contribution in [3.8, 4) is 0 Å². The zero-order valence-electron chi connectivity index (χ0n) is 15.5. The summed E-state index contributed by atoms with van der Waals surface area (Å²) in [7, 11) is 0. The van der Waals surface area contributed by atoms with Crippen LogP contribution in [0.3, 0.4) is 0 Å². The topological polar surface area (TPSA) is 236 Å². The molecule has 0 rings (SSSR count). The second-order valence-electron chi connectivity index (χ2n) is 5.36. The second-order valence-corrected chi connectivity index (χ2v) is 5.36. The fourth-order valence-electron chi connectivity index (χ4n) is 1.62. The van der Waals surface area contributed by atoms with Gasteiger partial charge in [-0.15, -0.1) is 0 Å². The summed E-state index contributed by atoms with van der Waals surface area (Å²) in [5.41, 5.74) is -2.37. The molecular weight excluding hydrogens is 428 g/mol. The maximum absolute atomic E-state index is 11.7. The zero-order valence-corrected chi connectivity index (χ0v) is 15.5. The van der Waals surface area contributed by atoms with Crippen molar-refractivity contribution >= 4 is 47.8 Å². The second kappa shape index (κ2) is 12.1. The number of ether oxygens (including phenoxy) is 2. The maximum Gasteiger partial charge on any atom is 0.341 e. The first-order valence-electron chi connectivity index (χ1n) is 7.74. The highest BCUT2D eigenvalue weighted by molar-refractivity contribution is 6.05. The van der Waals surface area contributed by atoms with Crippen LogP contribution >= 0.6 is 0 Å². The number of carbonyl (C=O) groups excluding carboxylic acids is 4. The van der Waals surface area contributed by atoms with Crippen molar-refractivity contribution < 1.29 is 68.3 Å². The SMILES string of the molecule is C/C(=C/C(=O)OC(=O)CC(=CC(=O)O)C(=O)O)C(=O)OC(=O)CC(=CC(=O)O)C(=O)O. The van der Waals surface area contributed by atoms with E-state index in [1.165, 1.54) is 0 Å². The minimum Gasteiger partial charge on any atom is -0.478 e. The van der Waals surface area contributed by atoms with Gasteiger partial charge < -0.3 is 29.9 Å². The molecule has 166 valence electrons. The largest absolute Gasteiger partial charge is 0.478 e. The Balaban J connectivity index is 5.02. The van der Waals surface area contributed by atoms with Gasteiger partial charge in [-0.3, -0.25) is 9.59 Å². The molecule has 31 heavy (non-hydrogen) atoms. The summed E-state index contributed by atoms with van der Waals surface area (Å²) < 4.78 is 8.41. The highest BCUT2D eigenvalue weighted by atomic mass is 16.6. The Morgan fingerprint density at radius 3 is 1.39 bits per heavy atom. The van der Waals surface area contributed by atoms with Gasteiger partial charge in [0.25, 0.3) is 0 Å². The highest BCUT2D eigenvalue weighted by Gasteiger charge is 2.21. The monoisotopic (exact) mass is 442 g/mol. The predicted molar refractivity (Wildman–Crippen MR) is 91.9 cm³/mol. The van der Waals surface area contributed by atoms with Gasteiger partial charge in [0.05, 0.1) is 24.0 Å². The lowest BCUT2D eigenvalue weighted by Crippen LogP contribution is -2.18. The van der Waals surface area contributed by atoms with E-state index in [0.29, 0.717) is 6.08 Å². The average molecular weight is 442 g/mol. The summed E-state index contributed by atoms with van der Waals surface area (Å²) in [6.45, 7) is 0.944. The van der Waals surface area contributed by atoms with Crippen LogP contribution in [0.15, 0.2) is 34.9 Å². The van der Waals surface area contributed by atoms with Gasteiger partial charge in [-0.05, 0) is 6.92 Å². The zero-order chi connectivity index (χ0) is 24.3. The third-order valence-corrected chi connectivity index (χ3v) is 2.89. The first kappa shape index (κ1) is 26.4. The Kier molecular flexibility index (Phi) is 10.3. The van der Waals surface area contributed by atoms with Crippen LogP contribution in [0.5, 0.6) is 0 Å². The van der Waals surface area contributed by atoms with Crippen molar-refractivity contribution in [1.29, 1.82) is 0 Å². The van der Waals surface area contributed by atoms with E-state index >= 15 is 0 Å². The van der Waals surface area contributed by atoms with Gasteiger partial charge in [0.2, 0.25) is 0 Å². The highest BCUT2D eigenvalue weighted by Crippen LogP contribution is 2.08. The summed E-state index contributed by atoms with van der Waals surface area (Å²) in [4.78, 5) is 88.9.